The van der Waals surface area contributed by atoms with Crippen LogP contribution in [0.5, 0.6) is 0 Å². The van der Waals surface area contributed by atoms with Gasteiger partial charge in [-0.15, -0.1) is 0 Å². The van der Waals surface area contributed by atoms with E-state index in [1.165, 1.54) is 11.8 Å². The summed E-state index contributed by atoms with van der Waals surface area (Å²) in [4.78, 5) is 13.9. The average Bonchev–Trinajstić information content (AvgIpc) is 2.81. The molecule has 1 atom stereocenters. The van der Waals surface area contributed by atoms with Gasteiger partial charge in [-0.2, -0.15) is 10.4 Å². The molecule has 2 rings (SSSR count). The van der Waals surface area contributed by atoms with Crippen LogP contribution in [0, 0.1) is 11.3 Å². The highest BCUT2D eigenvalue weighted by Gasteiger charge is 2.29. The molecule has 114 valence electrons. The minimum Gasteiger partial charge on any atom is -0.465 e. The summed E-state index contributed by atoms with van der Waals surface area (Å²) >= 11 is 0. The van der Waals surface area contributed by atoms with E-state index in [4.69, 9.17) is 21.5 Å². The Morgan fingerprint density at radius 1 is 1.62 bits per heavy atom. The SMILES string of the molecule is COC(=O)c1c(N2CCCC(N)C2)nn(CCC#N)c1N. The molecule has 21 heavy (non-hydrogen) atoms. The molecule has 0 aromatic carbocycles. The van der Waals surface area contributed by atoms with Gasteiger partial charge in [0.2, 0.25) is 0 Å². The second-order valence-corrected chi connectivity index (χ2v) is 5.06. The van der Waals surface area contributed by atoms with Gasteiger partial charge in [0.1, 0.15) is 11.4 Å². The number of hydrogen-bond donors (Lipinski definition) is 2. The number of aromatic nitrogens is 2. The van der Waals surface area contributed by atoms with Gasteiger partial charge in [0.05, 0.1) is 26.1 Å². The van der Waals surface area contributed by atoms with Crippen molar-refractivity contribution in [1.82, 2.24) is 9.78 Å². The van der Waals surface area contributed by atoms with Gasteiger partial charge in [-0.25, -0.2) is 9.48 Å². The van der Waals surface area contributed by atoms with Gasteiger partial charge in [0, 0.05) is 19.1 Å². The number of esters is 1. The lowest BCUT2D eigenvalue weighted by Crippen LogP contribution is -2.43. The van der Waals surface area contributed by atoms with E-state index < -0.39 is 5.97 Å². The standard InChI is InChI=1S/C13H20N6O2/c1-21-13(20)10-11(16)19(7-3-5-14)17-12(10)18-6-2-4-9(15)8-18/h9H,2-4,6-8,15-16H2,1H3. The van der Waals surface area contributed by atoms with Crippen LogP contribution in [0.2, 0.25) is 0 Å². The van der Waals surface area contributed by atoms with Gasteiger partial charge in [0.15, 0.2) is 5.82 Å². The molecule has 1 aliphatic heterocycles. The van der Waals surface area contributed by atoms with Crippen molar-refractivity contribution in [2.45, 2.75) is 31.8 Å². The van der Waals surface area contributed by atoms with Crippen molar-refractivity contribution in [3.05, 3.63) is 5.56 Å². The first-order valence-electron chi connectivity index (χ1n) is 6.90. The van der Waals surface area contributed by atoms with Gasteiger partial charge < -0.3 is 21.1 Å². The first-order valence-corrected chi connectivity index (χ1v) is 6.90. The summed E-state index contributed by atoms with van der Waals surface area (Å²) in [6.45, 7) is 1.73. The molecule has 1 saturated heterocycles. The smallest absolute Gasteiger partial charge is 0.345 e. The monoisotopic (exact) mass is 292 g/mol. The molecule has 1 unspecified atom stereocenters. The minimum absolute atomic E-state index is 0.0507. The third kappa shape index (κ3) is 3.08. The van der Waals surface area contributed by atoms with Crippen molar-refractivity contribution in [2.24, 2.45) is 5.73 Å². The molecule has 0 radical (unpaired) electrons. The highest BCUT2D eigenvalue weighted by atomic mass is 16.5. The number of ether oxygens (including phenoxy) is 1. The molecule has 1 aromatic rings. The summed E-state index contributed by atoms with van der Waals surface area (Å²) in [6, 6.07) is 2.09. The Hall–Kier alpha value is -2.27. The number of rotatable bonds is 4. The summed E-state index contributed by atoms with van der Waals surface area (Å²) in [7, 11) is 1.31. The van der Waals surface area contributed by atoms with Crippen molar-refractivity contribution in [3.8, 4) is 6.07 Å². The van der Waals surface area contributed by atoms with Crippen LogP contribution in [-0.4, -0.2) is 42.0 Å². The maximum Gasteiger partial charge on any atom is 0.345 e. The van der Waals surface area contributed by atoms with Gasteiger partial charge in [-0.1, -0.05) is 0 Å². The lowest BCUT2D eigenvalue weighted by Gasteiger charge is -2.31. The highest BCUT2D eigenvalue weighted by molar-refractivity contribution is 5.99. The average molecular weight is 292 g/mol. The Morgan fingerprint density at radius 2 is 2.38 bits per heavy atom. The first kappa shape index (κ1) is 15.1. The number of hydrogen-bond acceptors (Lipinski definition) is 7. The lowest BCUT2D eigenvalue weighted by atomic mass is 10.1. The van der Waals surface area contributed by atoms with E-state index in [1.807, 2.05) is 11.0 Å². The van der Waals surface area contributed by atoms with Crippen LogP contribution < -0.4 is 16.4 Å². The van der Waals surface area contributed by atoms with Crippen LogP contribution in [-0.2, 0) is 11.3 Å². The van der Waals surface area contributed by atoms with E-state index in [-0.39, 0.29) is 23.8 Å². The first-order chi connectivity index (χ1) is 10.1. The number of carbonyl (C=O) groups is 1. The fourth-order valence-corrected chi connectivity index (χ4v) is 2.51. The zero-order valence-corrected chi connectivity index (χ0v) is 12.1. The van der Waals surface area contributed by atoms with Crippen LogP contribution in [0.3, 0.4) is 0 Å². The quantitative estimate of drug-likeness (QED) is 0.754. The molecule has 8 heteroatoms. The second-order valence-electron chi connectivity index (χ2n) is 5.06. The van der Waals surface area contributed by atoms with Crippen molar-refractivity contribution < 1.29 is 9.53 Å². The maximum atomic E-state index is 12.0. The van der Waals surface area contributed by atoms with Crippen LogP contribution in [0.25, 0.3) is 0 Å². The van der Waals surface area contributed by atoms with Crippen molar-refractivity contribution >= 4 is 17.6 Å². The molecule has 0 aliphatic carbocycles. The molecule has 0 bridgehead atoms. The largest absolute Gasteiger partial charge is 0.465 e. The fraction of sp³-hybridized carbons (Fsp3) is 0.615. The van der Waals surface area contributed by atoms with Crippen LogP contribution in [0.15, 0.2) is 0 Å². The molecule has 0 spiro atoms. The Bertz CT molecular complexity index is 562. The number of piperidine rings is 1. The topological polar surface area (TPSA) is 123 Å². The molecule has 1 fully saturated rings. The van der Waals surface area contributed by atoms with E-state index in [9.17, 15) is 4.79 Å². The van der Waals surface area contributed by atoms with Crippen molar-refractivity contribution in [1.29, 1.82) is 5.26 Å². The summed E-state index contributed by atoms with van der Waals surface area (Å²) in [5, 5.41) is 13.1. The Kier molecular flexibility index (Phi) is 4.65. The zero-order chi connectivity index (χ0) is 15.4. The Morgan fingerprint density at radius 3 is 3.00 bits per heavy atom. The van der Waals surface area contributed by atoms with Crippen molar-refractivity contribution in [2.75, 3.05) is 30.8 Å². The highest BCUT2D eigenvalue weighted by Crippen LogP contribution is 2.28. The van der Waals surface area contributed by atoms with Crippen LogP contribution in [0.4, 0.5) is 11.6 Å². The summed E-state index contributed by atoms with van der Waals surface area (Å²) in [6.07, 6.45) is 2.16. The summed E-state index contributed by atoms with van der Waals surface area (Å²) < 4.78 is 6.28. The number of carbonyl (C=O) groups excluding carboxylic acids is 1. The predicted octanol–water partition coefficient (Wildman–Crippen LogP) is 0.0931. The summed E-state index contributed by atoms with van der Waals surface area (Å²) in [5.41, 5.74) is 12.2. The molecule has 0 saturated carbocycles. The van der Waals surface area contributed by atoms with Gasteiger partial charge in [-0.05, 0) is 12.8 Å². The Labute approximate surface area is 123 Å². The molecule has 2 heterocycles. The van der Waals surface area contributed by atoms with Crippen molar-refractivity contribution in [3.63, 3.8) is 0 Å². The molecular weight excluding hydrogens is 272 g/mol. The van der Waals surface area contributed by atoms with Crippen LogP contribution in [0.1, 0.15) is 29.6 Å². The zero-order valence-electron chi connectivity index (χ0n) is 12.1. The maximum absolute atomic E-state index is 12.0. The Balaban J connectivity index is 2.38. The number of nitrogens with two attached hydrogens (primary N) is 2. The molecule has 1 aromatic heterocycles. The third-order valence-corrected chi connectivity index (χ3v) is 3.56. The molecule has 1 aliphatic rings. The van der Waals surface area contributed by atoms with Crippen LogP contribution >= 0.6 is 0 Å². The van der Waals surface area contributed by atoms with E-state index in [0.717, 1.165) is 19.4 Å². The lowest BCUT2D eigenvalue weighted by molar-refractivity contribution is 0.0602. The predicted molar refractivity (Wildman–Crippen MR) is 77.6 cm³/mol. The van der Waals surface area contributed by atoms with E-state index >= 15 is 0 Å². The number of nitrogen functional groups attached to an aromatic ring is 1. The number of methoxy groups -OCH3 is 1. The minimum atomic E-state index is -0.523. The van der Waals surface area contributed by atoms with Gasteiger partial charge >= 0.3 is 5.97 Å². The number of aryl methyl sites for hydroxylation is 1. The second kappa shape index (κ2) is 6.45. The van der Waals surface area contributed by atoms with Gasteiger partial charge in [-0.3, -0.25) is 0 Å². The number of nitriles is 1. The normalized spacial score (nSPS) is 18.3. The molecular formula is C13H20N6O2. The molecule has 4 N–H and O–H groups in total. The third-order valence-electron chi connectivity index (χ3n) is 3.56. The van der Waals surface area contributed by atoms with Gasteiger partial charge in [0.25, 0.3) is 0 Å². The number of anilines is 2. The molecule has 8 nitrogen and oxygen atoms in total. The fourth-order valence-electron chi connectivity index (χ4n) is 2.51. The van der Waals surface area contributed by atoms with E-state index in [0.29, 0.717) is 18.9 Å². The van der Waals surface area contributed by atoms with E-state index in [2.05, 4.69) is 5.10 Å². The molecule has 0 amide bonds. The summed E-state index contributed by atoms with van der Waals surface area (Å²) in [5.74, 6) is 0.198. The number of nitrogens with zero attached hydrogens (tertiary/aromatic N) is 4. The van der Waals surface area contributed by atoms with E-state index in [1.54, 1.807) is 0 Å².